The van der Waals surface area contributed by atoms with Crippen molar-refractivity contribution in [2.24, 2.45) is 10.3 Å². The van der Waals surface area contributed by atoms with E-state index in [2.05, 4.69) is 15.3 Å². The number of carboxylic acids is 1. The molecule has 0 aliphatic carbocycles. The monoisotopic (exact) mass is 194 g/mol. The van der Waals surface area contributed by atoms with Crippen molar-refractivity contribution in [3.8, 4) is 0 Å². The van der Waals surface area contributed by atoms with Gasteiger partial charge in [0.15, 0.2) is 5.69 Å². The lowest BCUT2D eigenvalue weighted by Gasteiger charge is -2.01. The largest absolute Gasteiger partial charge is 0.476 e. The lowest BCUT2D eigenvalue weighted by atomic mass is 10.3. The molecule has 14 heavy (non-hydrogen) atoms. The molecular weight excluding hydrogens is 184 g/mol. The van der Waals surface area contributed by atoms with Crippen LogP contribution in [0.4, 0.5) is 5.69 Å². The van der Waals surface area contributed by atoms with E-state index in [1.807, 2.05) is 0 Å². The van der Waals surface area contributed by atoms with E-state index >= 15 is 0 Å². The molecule has 0 amide bonds. The van der Waals surface area contributed by atoms with Crippen molar-refractivity contribution in [2.45, 2.75) is 0 Å². The lowest BCUT2D eigenvalue weighted by molar-refractivity contribution is 0.0691. The Morgan fingerprint density at radius 2 is 2.29 bits per heavy atom. The molecule has 6 nitrogen and oxygen atoms in total. The number of aromatic nitrogens is 1. The fraction of sp³-hybridized carbons (Fsp3) is 0.250. The van der Waals surface area contributed by atoms with Crippen molar-refractivity contribution in [3.63, 3.8) is 0 Å². The molecule has 74 valence electrons. The van der Waals surface area contributed by atoms with Gasteiger partial charge >= 0.3 is 5.97 Å². The Labute approximate surface area is 80.9 Å². The summed E-state index contributed by atoms with van der Waals surface area (Å²) in [4.78, 5) is 14.4. The Morgan fingerprint density at radius 1 is 1.57 bits per heavy atom. The Bertz CT molecular complexity index is 362. The maximum Gasteiger partial charge on any atom is 0.356 e. The van der Waals surface area contributed by atoms with Crippen molar-refractivity contribution in [1.29, 1.82) is 0 Å². The van der Waals surface area contributed by atoms with Gasteiger partial charge in [-0.2, -0.15) is 0 Å². The van der Waals surface area contributed by atoms with Crippen LogP contribution < -0.4 is 0 Å². The van der Waals surface area contributed by atoms with E-state index in [9.17, 15) is 4.79 Å². The van der Waals surface area contributed by atoms with E-state index in [0.717, 1.165) is 0 Å². The van der Waals surface area contributed by atoms with Crippen LogP contribution in [0.25, 0.3) is 0 Å². The number of carbonyl (C=O) groups is 1. The first-order valence-electron chi connectivity index (χ1n) is 3.88. The third-order valence-electron chi connectivity index (χ3n) is 1.32. The molecule has 6 heteroatoms. The summed E-state index contributed by atoms with van der Waals surface area (Å²) in [6.07, 6.45) is 1.40. The van der Waals surface area contributed by atoms with Crippen LogP contribution >= 0.6 is 0 Å². The third-order valence-corrected chi connectivity index (χ3v) is 1.32. The van der Waals surface area contributed by atoms with E-state index < -0.39 is 5.97 Å². The molecule has 1 rings (SSSR count). The molecule has 0 spiro atoms. The maximum absolute atomic E-state index is 10.7. The molecular formula is C8H10N4O2. The standard InChI is InChI=1S/C8H10N4O2/c1-12(2)11-10-6-4-3-5-9-7(6)8(13)14/h3-5H,1-2H3,(H,13,14). The van der Waals surface area contributed by atoms with Crippen LogP contribution in [0.15, 0.2) is 28.7 Å². The quantitative estimate of drug-likeness (QED) is 0.581. The van der Waals surface area contributed by atoms with Crippen LogP contribution in [0.3, 0.4) is 0 Å². The molecule has 0 aliphatic heterocycles. The van der Waals surface area contributed by atoms with Crippen molar-refractivity contribution in [3.05, 3.63) is 24.0 Å². The molecule has 1 aromatic rings. The van der Waals surface area contributed by atoms with E-state index in [1.165, 1.54) is 11.2 Å². The highest BCUT2D eigenvalue weighted by Gasteiger charge is 2.09. The second-order valence-corrected chi connectivity index (χ2v) is 2.71. The van der Waals surface area contributed by atoms with E-state index in [4.69, 9.17) is 5.11 Å². The van der Waals surface area contributed by atoms with Gasteiger partial charge in [-0.15, -0.1) is 5.11 Å². The minimum atomic E-state index is -1.11. The summed E-state index contributed by atoms with van der Waals surface area (Å²) in [6, 6.07) is 3.15. The van der Waals surface area contributed by atoms with Crippen LogP contribution in [0.2, 0.25) is 0 Å². The zero-order valence-electron chi connectivity index (χ0n) is 7.88. The second-order valence-electron chi connectivity index (χ2n) is 2.71. The molecule has 0 atom stereocenters. The summed E-state index contributed by atoms with van der Waals surface area (Å²) in [6.45, 7) is 0. The minimum absolute atomic E-state index is 0.0990. The summed E-state index contributed by atoms with van der Waals surface area (Å²) in [7, 11) is 3.39. The van der Waals surface area contributed by atoms with Crippen molar-refractivity contribution in [2.75, 3.05) is 14.1 Å². The average molecular weight is 194 g/mol. The Kier molecular flexibility index (Phi) is 3.11. The number of carboxylic acid groups (broad SMARTS) is 1. The molecule has 1 aromatic heterocycles. The van der Waals surface area contributed by atoms with Gasteiger partial charge in [0.05, 0.1) is 0 Å². The summed E-state index contributed by atoms with van der Waals surface area (Å²) in [5.74, 6) is -1.11. The topological polar surface area (TPSA) is 78.2 Å². The number of aromatic carboxylic acids is 1. The van der Waals surface area contributed by atoms with Crippen molar-refractivity contribution < 1.29 is 9.90 Å². The molecule has 0 saturated heterocycles. The first-order valence-corrected chi connectivity index (χ1v) is 3.88. The molecule has 0 aliphatic rings. The van der Waals surface area contributed by atoms with E-state index in [1.54, 1.807) is 26.2 Å². The summed E-state index contributed by atoms with van der Waals surface area (Å²) in [5, 5.41) is 17.7. The maximum atomic E-state index is 10.7. The van der Waals surface area contributed by atoms with Gasteiger partial charge in [-0.3, -0.25) is 5.01 Å². The SMILES string of the molecule is CN(C)N=Nc1cccnc1C(=O)O. The van der Waals surface area contributed by atoms with Gasteiger partial charge in [-0.1, -0.05) is 5.22 Å². The number of pyridine rings is 1. The summed E-state index contributed by atoms with van der Waals surface area (Å²) < 4.78 is 0. The van der Waals surface area contributed by atoms with Crippen LogP contribution in [0.5, 0.6) is 0 Å². The van der Waals surface area contributed by atoms with E-state index in [0.29, 0.717) is 0 Å². The molecule has 0 aromatic carbocycles. The van der Waals surface area contributed by atoms with Gasteiger partial charge in [-0.05, 0) is 12.1 Å². The van der Waals surface area contributed by atoms with E-state index in [-0.39, 0.29) is 11.4 Å². The zero-order valence-corrected chi connectivity index (χ0v) is 7.88. The smallest absolute Gasteiger partial charge is 0.356 e. The lowest BCUT2D eigenvalue weighted by Crippen LogP contribution is -2.01. The number of rotatable bonds is 3. The second kappa shape index (κ2) is 4.31. The molecule has 1 N–H and O–H groups in total. The molecule has 1 heterocycles. The van der Waals surface area contributed by atoms with Crippen LogP contribution in [0, 0.1) is 0 Å². The van der Waals surface area contributed by atoms with Gasteiger partial charge in [-0.25, -0.2) is 9.78 Å². The highest BCUT2D eigenvalue weighted by atomic mass is 16.4. The summed E-state index contributed by atoms with van der Waals surface area (Å²) in [5.41, 5.74) is 0.145. The fourth-order valence-corrected chi connectivity index (χ4v) is 0.780. The molecule has 0 fully saturated rings. The Morgan fingerprint density at radius 3 is 2.86 bits per heavy atom. The number of nitrogens with zero attached hydrogens (tertiary/aromatic N) is 4. The Hall–Kier alpha value is -1.98. The van der Waals surface area contributed by atoms with Crippen LogP contribution in [-0.4, -0.2) is 35.2 Å². The average Bonchev–Trinajstić information content (AvgIpc) is 2.15. The number of hydrogen-bond acceptors (Lipinski definition) is 4. The van der Waals surface area contributed by atoms with Gasteiger partial charge < -0.3 is 5.11 Å². The zero-order chi connectivity index (χ0) is 10.6. The third kappa shape index (κ3) is 2.51. The number of hydrogen-bond donors (Lipinski definition) is 1. The predicted octanol–water partition coefficient (Wildman–Crippen LogP) is 1.34. The normalized spacial score (nSPS) is 10.4. The fourth-order valence-electron chi connectivity index (χ4n) is 0.780. The van der Waals surface area contributed by atoms with Crippen molar-refractivity contribution >= 4 is 11.7 Å². The first-order chi connectivity index (χ1) is 6.61. The van der Waals surface area contributed by atoms with Crippen LogP contribution in [-0.2, 0) is 0 Å². The molecule has 0 bridgehead atoms. The predicted molar refractivity (Wildman–Crippen MR) is 49.4 cm³/mol. The minimum Gasteiger partial charge on any atom is -0.476 e. The van der Waals surface area contributed by atoms with Gasteiger partial charge in [0.1, 0.15) is 5.69 Å². The van der Waals surface area contributed by atoms with Crippen LogP contribution in [0.1, 0.15) is 10.5 Å². The highest BCUT2D eigenvalue weighted by molar-refractivity contribution is 5.90. The molecule has 0 unspecified atom stereocenters. The van der Waals surface area contributed by atoms with Crippen molar-refractivity contribution in [1.82, 2.24) is 9.99 Å². The van der Waals surface area contributed by atoms with Gasteiger partial charge in [0.25, 0.3) is 0 Å². The summed E-state index contributed by atoms with van der Waals surface area (Å²) >= 11 is 0. The Balaban J connectivity index is 3.02. The molecule has 0 radical (unpaired) electrons. The van der Waals surface area contributed by atoms with Gasteiger partial charge in [0.2, 0.25) is 0 Å². The molecule has 0 saturated carbocycles. The van der Waals surface area contributed by atoms with Gasteiger partial charge in [0, 0.05) is 20.3 Å². The first kappa shape index (κ1) is 10.1. The highest BCUT2D eigenvalue weighted by Crippen LogP contribution is 2.16.